The van der Waals surface area contributed by atoms with E-state index in [0.717, 1.165) is 31.6 Å². The molecule has 1 aliphatic carbocycles. The summed E-state index contributed by atoms with van der Waals surface area (Å²) in [6.07, 6.45) is 3.78. The van der Waals surface area contributed by atoms with E-state index in [1.165, 1.54) is 0 Å². The second-order valence-corrected chi connectivity index (χ2v) is 4.66. The van der Waals surface area contributed by atoms with E-state index in [0.29, 0.717) is 11.8 Å². The minimum Gasteiger partial charge on any atom is -0.396 e. The van der Waals surface area contributed by atoms with Crippen LogP contribution in [0.2, 0.25) is 0 Å². The minimum atomic E-state index is -0.165. The molecule has 3 atom stereocenters. The predicted molar refractivity (Wildman–Crippen MR) is 53.4 cm³/mol. The summed E-state index contributed by atoms with van der Waals surface area (Å²) in [6.45, 7) is 4.71. The largest absolute Gasteiger partial charge is 0.396 e. The lowest BCUT2D eigenvalue weighted by molar-refractivity contribution is 0.0255. The molecule has 0 aromatic carbocycles. The summed E-state index contributed by atoms with van der Waals surface area (Å²) >= 11 is 0. The van der Waals surface area contributed by atoms with Crippen molar-refractivity contribution in [1.82, 2.24) is 0 Å². The normalized spacial score (nSPS) is 35.3. The average molecular weight is 186 g/mol. The molecule has 0 radical (unpaired) electrons. The van der Waals surface area contributed by atoms with Crippen LogP contribution < -0.4 is 0 Å². The number of rotatable bonds is 3. The van der Waals surface area contributed by atoms with Gasteiger partial charge in [-0.2, -0.15) is 0 Å². The monoisotopic (exact) mass is 186 g/mol. The summed E-state index contributed by atoms with van der Waals surface area (Å²) in [4.78, 5) is 0. The smallest absolute Gasteiger partial charge is 0.0569 e. The van der Waals surface area contributed by atoms with Crippen LogP contribution in [0.5, 0.6) is 0 Å². The highest BCUT2D eigenvalue weighted by molar-refractivity contribution is 4.80. The Bertz CT molecular complexity index is 145. The van der Waals surface area contributed by atoms with Crippen molar-refractivity contribution in [3.63, 3.8) is 0 Å². The summed E-state index contributed by atoms with van der Waals surface area (Å²) in [5.41, 5.74) is 0. The van der Waals surface area contributed by atoms with Gasteiger partial charge in [-0.25, -0.2) is 0 Å². The van der Waals surface area contributed by atoms with Gasteiger partial charge in [0.05, 0.1) is 6.10 Å². The van der Waals surface area contributed by atoms with Crippen molar-refractivity contribution in [3.05, 3.63) is 0 Å². The van der Waals surface area contributed by atoms with Crippen LogP contribution in [0.3, 0.4) is 0 Å². The number of aliphatic hydroxyl groups excluding tert-OH is 2. The molecule has 0 heterocycles. The van der Waals surface area contributed by atoms with Crippen molar-refractivity contribution >= 4 is 0 Å². The fourth-order valence-corrected chi connectivity index (χ4v) is 2.37. The first-order valence-corrected chi connectivity index (χ1v) is 5.44. The van der Waals surface area contributed by atoms with Gasteiger partial charge in [-0.1, -0.05) is 13.8 Å². The maximum atomic E-state index is 9.69. The lowest BCUT2D eigenvalue weighted by Crippen LogP contribution is -2.31. The van der Waals surface area contributed by atoms with E-state index in [4.69, 9.17) is 5.11 Å². The standard InChI is InChI=1S/C11H22O2/c1-8(2)9-3-4-11(13)10(7-9)5-6-12/h8-13H,3-7H2,1-2H3. The van der Waals surface area contributed by atoms with Crippen molar-refractivity contribution in [3.8, 4) is 0 Å². The Kier molecular flexibility index (Phi) is 4.20. The van der Waals surface area contributed by atoms with Gasteiger partial charge in [0, 0.05) is 6.61 Å². The molecule has 1 fully saturated rings. The van der Waals surface area contributed by atoms with Crippen LogP contribution in [0.25, 0.3) is 0 Å². The van der Waals surface area contributed by atoms with E-state index < -0.39 is 0 Å². The number of aliphatic hydroxyl groups is 2. The van der Waals surface area contributed by atoms with Gasteiger partial charge in [-0.3, -0.25) is 0 Å². The van der Waals surface area contributed by atoms with Gasteiger partial charge in [-0.15, -0.1) is 0 Å². The molecule has 0 aliphatic heterocycles. The Balaban J connectivity index is 2.42. The molecule has 0 spiro atoms. The maximum Gasteiger partial charge on any atom is 0.0569 e. The van der Waals surface area contributed by atoms with E-state index in [1.807, 2.05) is 0 Å². The molecule has 0 aromatic rings. The highest BCUT2D eigenvalue weighted by Crippen LogP contribution is 2.35. The van der Waals surface area contributed by atoms with E-state index in [9.17, 15) is 5.11 Å². The first kappa shape index (κ1) is 11.0. The van der Waals surface area contributed by atoms with Gasteiger partial charge < -0.3 is 10.2 Å². The van der Waals surface area contributed by atoms with Crippen molar-refractivity contribution in [1.29, 1.82) is 0 Å². The SMILES string of the molecule is CC(C)C1CCC(O)C(CCO)C1. The number of hydrogen-bond acceptors (Lipinski definition) is 2. The molecule has 0 saturated heterocycles. The average Bonchev–Trinajstić information content (AvgIpc) is 2.08. The molecule has 2 heteroatoms. The maximum absolute atomic E-state index is 9.69. The molecule has 78 valence electrons. The highest BCUT2D eigenvalue weighted by atomic mass is 16.3. The Labute approximate surface area is 81.0 Å². The predicted octanol–water partition coefficient (Wildman–Crippen LogP) is 1.80. The summed E-state index contributed by atoms with van der Waals surface area (Å²) < 4.78 is 0. The second kappa shape index (κ2) is 4.97. The van der Waals surface area contributed by atoms with E-state index in [1.54, 1.807) is 0 Å². The zero-order chi connectivity index (χ0) is 9.84. The van der Waals surface area contributed by atoms with Gasteiger partial charge in [0.15, 0.2) is 0 Å². The molecule has 0 bridgehead atoms. The van der Waals surface area contributed by atoms with E-state index >= 15 is 0 Å². The summed E-state index contributed by atoms with van der Waals surface area (Å²) in [6, 6.07) is 0. The zero-order valence-corrected chi connectivity index (χ0v) is 8.74. The van der Waals surface area contributed by atoms with Gasteiger partial charge >= 0.3 is 0 Å². The quantitative estimate of drug-likeness (QED) is 0.705. The van der Waals surface area contributed by atoms with Crippen LogP contribution >= 0.6 is 0 Å². The lowest BCUT2D eigenvalue weighted by Gasteiger charge is -2.35. The molecule has 2 nitrogen and oxygen atoms in total. The lowest BCUT2D eigenvalue weighted by atomic mass is 9.74. The molecule has 2 N–H and O–H groups in total. The number of hydrogen-bond donors (Lipinski definition) is 2. The van der Waals surface area contributed by atoms with Gasteiger partial charge in [0.25, 0.3) is 0 Å². The van der Waals surface area contributed by atoms with Crippen molar-refractivity contribution in [2.45, 2.75) is 45.6 Å². The third-order valence-corrected chi connectivity index (χ3v) is 3.43. The second-order valence-electron chi connectivity index (χ2n) is 4.66. The first-order chi connectivity index (χ1) is 6.15. The van der Waals surface area contributed by atoms with E-state index in [2.05, 4.69) is 13.8 Å². The van der Waals surface area contributed by atoms with Gasteiger partial charge in [-0.05, 0) is 43.4 Å². The topological polar surface area (TPSA) is 40.5 Å². The van der Waals surface area contributed by atoms with Crippen LogP contribution in [0.15, 0.2) is 0 Å². The van der Waals surface area contributed by atoms with Crippen molar-refractivity contribution < 1.29 is 10.2 Å². The molecule has 1 saturated carbocycles. The van der Waals surface area contributed by atoms with Crippen molar-refractivity contribution in [2.75, 3.05) is 6.61 Å². The molecule has 3 unspecified atom stereocenters. The fraction of sp³-hybridized carbons (Fsp3) is 1.00. The summed E-state index contributed by atoms with van der Waals surface area (Å²) in [5, 5.41) is 18.5. The molecular formula is C11H22O2. The molecule has 0 aromatic heterocycles. The minimum absolute atomic E-state index is 0.165. The van der Waals surface area contributed by atoms with Crippen LogP contribution in [0, 0.1) is 17.8 Å². The molecule has 1 rings (SSSR count). The van der Waals surface area contributed by atoms with Gasteiger partial charge in [0.2, 0.25) is 0 Å². The third-order valence-electron chi connectivity index (χ3n) is 3.43. The molecular weight excluding hydrogens is 164 g/mol. The zero-order valence-electron chi connectivity index (χ0n) is 8.74. The fourth-order valence-electron chi connectivity index (χ4n) is 2.37. The van der Waals surface area contributed by atoms with Crippen LogP contribution in [0.4, 0.5) is 0 Å². The highest BCUT2D eigenvalue weighted by Gasteiger charge is 2.29. The van der Waals surface area contributed by atoms with Gasteiger partial charge in [0.1, 0.15) is 0 Å². The molecule has 13 heavy (non-hydrogen) atoms. The van der Waals surface area contributed by atoms with Crippen LogP contribution in [-0.2, 0) is 0 Å². The summed E-state index contributed by atoms with van der Waals surface area (Å²) in [5.74, 6) is 1.81. The van der Waals surface area contributed by atoms with Crippen LogP contribution in [-0.4, -0.2) is 22.9 Å². The summed E-state index contributed by atoms with van der Waals surface area (Å²) in [7, 11) is 0. The van der Waals surface area contributed by atoms with E-state index in [-0.39, 0.29) is 12.7 Å². The Hall–Kier alpha value is -0.0800. The van der Waals surface area contributed by atoms with Crippen molar-refractivity contribution in [2.24, 2.45) is 17.8 Å². The Morgan fingerprint density at radius 3 is 2.54 bits per heavy atom. The Morgan fingerprint density at radius 2 is 2.00 bits per heavy atom. The molecule has 1 aliphatic rings. The Morgan fingerprint density at radius 1 is 1.31 bits per heavy atom. The molecule has 0 amide bonds. The third kappa shape index (κ3) is 2.96. The first-order valence-electron chi connectivity index (χ1n) is 5.44. The van der Waals surface area contributed by atoms with Crippen LogP contribution in [0.1, 0.15) is 39.5 Å².